The Balaban J connectivity index is 1.47. The van der Waals surface area contributed by atoms with Gasteiger partial charge in [0.1, 0.15) is 0 Å². The van der Waals surface area contributed by atoms with Gasteiger partial charge < -0.3 is 20.9 Å². The Labute approximate surface area is 186 Å². The van der Waals surface area contributed by atoms with Gasteiger partial charge >= 0.3 is 0 Å². The molecule has 170 valence electrons. The first-order chi connectivity index (χ1) is 15.1. The third-order valence-electron chi connectivity index (χ3n) is 6.20. The van der Waals surface area contributed by atoms with Crippen LogP contribution >= 0.6 is 0 Å². The number of amides is 2. The quantitative estimate of drug-likeness (QED) is 0.461. The molecule has 7 heteroatoms. The number of carbonyl (C=O) groups excluding carboxylic acids is 2. The maximum Gasteiger partial charge on any atom is 0.251 e. The van der Waals surface area contributed by atoms with E-state index in [4.69, 9.17) is 0 Å². The zero-order valence-electron chi connectivity index (χ0n) is 19.0. The minimum atomic E-state index is -0.0418. The molecule has 2 aliphatic rings. The molecule has 7 nitrogen and oxygen atoms in total. The normalized spacial score (nSPS) is 19.9. The number of nitrogens with one attached hydrogen (secondary N) is 3. The molecule has 1 aliphatic carbocycles. The summed E-state index contributed by atoms with van der Waals surface area (Å²) in [7, 11) is 1.75. The summed E-state index contributed by atoms with van der Waals surface area (Å²) in [5.41, 5.74) is 1.69. The number of guanidine groups is 1. The van der Waals surface area contributed by atoms with Crippen molar-refractivity contribution in [2.45, 2.75) is 64.5 Å². The molecule has 1 atom stereocenters. The molecule has 1 saturated heterocycles. The van der Waals surface area contributed by atoms with Crippen LogP contribution in [0.1, 0.15) is 67.8 Å². The summed E-state index contributed by atoms with van der Waals surface area (Å²) in [4.78, 5) is 31.3. The lowest BCUT2D eigenvalue weighted by Crippen LogP contribution is -2.45. The van der Waals surface area contributed by atoms with Gasteiger partial charge in [-0.1, -0.05) is 38.3 Å². The van der Waals surface area contributed by atoms with E-state index in [1.165, 1.54) is 19.3 Å². The van der Waals surface area contributed by atoms with Crippen LogP contribution in [0.2, 0.25) is 0 Å². The van der Waals surface area contributed by atoms with E-state index in [1.807, 2.05) is 36.1 Å². The fourth-order valence-corrected chi connectivity index (χ4v) is 4.42. The average Bonchev–Trinajstić information content (AvgIpc) is 3.29. The fraction of sp³-hybridized carbons (Fsp3) is 0.625. The van der Waals surface area contributed by atoms with Gasteiger partial charge in [0.05, 0.1) is 0 Å². The van der Waals surface area contributed by atoms with Crippen LogP contribution in [0.3, 0.4) is 0 Å². The highest BCUT2D eigenvalue weighted by Crippen LogP contribution is 2.26. The maximum absolute atomic E-state index is 12.8. The van der Waals surface area contributed by atoms with Crippen LogP contribution in [0.15, 0.2) is 29.3 Å². The molecular formula is C24H37N5O2. The maximum atomic E-state index is 12.8. The first kappa shape index (κ1) is 23.1. The summed E-state index contributed by atoms with van der Waals surface area (Å²) in [6.07, 6.45) is 7.58. The minimum Gasteiger partial charge on any atom is -0.352 e. The lowest BCUT2D eigenvalue weighted by molar-refractivity contribution is -0.135. The molecule has 1 aromatic carbocycles. The number of rotatable bonds is 7. The highest BCUT2D eigenvalue weighted by atomic mass is 16.2. The van der Waals surface area contributed by atoms with E-state index in [0.717, 1.165) is 50.3 Å². The summed E-state index contributed by atoms with van der Waals surface area (Å²) in [5, 5.41) is 9.70. The van der Waals surface area contributed by atoms with Crippen molar-refractivity contribution >= 4 is 17.8 Å². The lowest BCUT2D eigenvalue weighted by Gasteiger charge is -2.26. The molecule has 3 N–H and O–H groups in total. The smallest absolute Gasteiger partial charge is 0.251 e. The highest BCUT2D eigenvalue weighted by molar-refractivity contribution is 5.94. The molecular weight excluding hydrogens is 390 g/mol. The van der Waals surface area contributed by atoms with Crippen molar-refractivity contribution in [1.82, 2.24) is 20.9 Å². The highest BCUT2D eigenvalue weighted by Gasteiger charge is 2.31. The van der Waals surface area contributed by atoms with E-state index < -0.39 is 0 Å². The van der Waals surface area contributed by atoms with Gasteiger partial charge in [0.2, 0.25) is 5.91 Å². The summed E-state index contributed by atoms with van der Waals surface area (Å²) >= 11 is 0. The number of hydrogen-bond acceptors (Lipinski definition) is 3. The largest absolute Gasteiger partial charge is 0.352 e. The van der Waals surface area contributed by atoms with Gasteiger partial charge in [-0.25, -0.2) is 0 Å². The Morgan fingerprint density at radius 3 is 2.68 bits per heavy atom. The second kappa shape index (κ2) is 11.7. The first-order valence-electron chi connectivity index (χ1n) is 11.7. The molecule has 1 heterocycles. The molecule has 0 spiro atoms. The summed E-state index contributed by atoms with van der Waals surface area (Å²) < 4.78 is 0. The van der Waals surface area contributed by atoms with Gasteiger partial charge in [-0.2, -0.15) is 0 Å². The second-order valence-corrected chi connectivity index (χ2v) is 8.63. The Hall–Kier alpha value is -2.57. The Kier molecular flexibility index (Phi) is 8.74. The van der Waals surface area contributed by atoms with Gasteiger partial charge in [-0.3, -0.25) is 14.6 Å². The van der Waals surface area contributed by atoms with E-state index in [2.05, 4.69) is 20.9 Å². The predicted molar refractivity (Wildman–Crippen MR) is 124 cm³/mol. The summed E-state index contributed by atoms with van der Waals surface area (Å²) in [5.74, 6) is 1.24. The topological polar surface area (TPSA) is 85.8 Å². The Morgan fingerprint density at radius 2 is 1.94 bits per heavy atom. The van der Waals surface area contributed by atoms with Crippen LogP contribution in [-0.2, 0) is 11.3 Å². The van der Waals surface area contributed by atoms with Crippen molar-refractivity contribution in [3.8, 4) is 0 Å². The number of aliphatic imine (C=N–C) groups is 1. The molecule has 0 bridgehead atoms. The monoisotopic (exact) mass is 427 g/mol. The zero-order chi connectivity index (χ0) is 22.1. The molecule has 1 unspecified atom stereocenters. The van der Waals surface area contributed by atoms with Crippen LogP contribution in [-0.4, -0.2) is 55.4 Å². The predicted octanol–water partition coefficient (Wildman–Crippen LogP) is 2.67. The van der Waals surface area contributed by atoms with Crippen molar-refractivity contribution in [3.05, 3.63) is 35.4 Å². The summed E-state index contributed by atoms with van der Waals surface area (Å²) in [6, 6.07) is 7.85. The number of nitrogens with zero attached hydrogens (tertiary/aromatic N) is 2. The molecule has 0 aromatic heterocycles. The Bertz CT molecular complexity index is 773. The summed E-state index contributed by atoms with van der Waals surface area (Å²) in [6.45, 7) is 4.85. The molecule has 1 saturated carbocycles. The zero-order valence-corrected chi connectivity index (χ0v) is 19.0. The Morgan fingerprint density at radius 1 is 1.13 bits per heavy atom. The van der Waals surface area contributed by atoms with Gasteiger partial charge in [-0.15, -0.1) is 0 Å². The molecule has 1 aliphatic heterocycles. The molecule has 2 fully saturated rings. The van der Waals surface area contributed by atoms with Crippen LogP contribution in [0.25, 0.3) is 0 Å². The second-order valence-electron chi connectivity index (χ2n) is 8.63. The van der Waals surface area contributed by atoms with E-state index in [1.54, 1.807) is 7.05 Å². The van der Waals surface area contributed by atoms with Crippen molar-refractivity contribution in [3.63, 3.8) is 0 Å². The minimum absolute atomic E-state index is 0.0418. The van der Waals surface area contributed by atoms with E-state index in [9.17, 15) is 9.59 Å². The van der Waals surface area contributed by atoms with E-state index in [0.29, 0.717) is 24.6 Å². The van der Waals surface area contributed by atoms with Gasteiger partial charge in [0.25, 0.3) is 5.91 Å². The van der Waals surface area contributed by atoms with Gasteiger partial charge in [0, 0.05) is 50.7 Å². The van der Waals surface area contributed by atoms with Crippen molar-refractivity contribution in [2.24, 2.45) is 10.9 Å². The van der Waals surface area contributed by atoms with E-state index >= 15 is 0 Å². The third-order valence-corrected chi connectivity index (χ3v) is 6.20. The molecule has 31 heavy (non-hydrogen) atoms. The van der Waals surface area contributed by atoms with Crippen LogP contribution in [0.5, 0.6) is 0 Å². The molecule has 1 aromatic rings. The van der Waals surface area contributed by atoms with Crippen LogP contribution in [0, 0.1) is 5.92 Å². The van der Waals surface area contributed by atoms with Crippen molar-refractivity contribution in [2.75, 3.05) is 26.7 Å². The average molecular weight is 428 g/mol. The number of hydrogen-bond donors (Lipinski definition) is 3. The van der Waals surface area contributed by atoms with Crippen LogP contribution < -0.4 is 16.0 Å². The first-order valence-corrected chi connectivity index (χ1v) is 11.7. The van der Waals surface area contributed by atoms with E-state index in [-0.39, 0.29) is 17.9 Å². The van der Waals surface area contributed by atoms with Crippen LogP contribution in [0.4, 0.5) is 0 Å². The standard InChI is InChI=1S/C24H37N5O2/c1-3-13-26-22(30)20-11-7-8-18(15-20)16-27-24(25-2)28-21-12-14-29(17-21)23(31)19-9-5-4-6-10-19/h7-8,11,15,19,21H,3-6,9-10,12-14,16-17H2,1-2H3,(H,26,30)(H2,25,27,28). The third kappa shape index (κ3) is 6.71. The van der Waals surface area contributed by atoms with Gasteiger partial charge in [-0.05, 0) is 43.4 Å². The number of benzene rings is 1. The van der Waals surface area contributed by atoms with Gasteiger partial charge in [0.15, 0.2) is 5.96 Å². The fourth-order valence-electron chi connectivity index (χ4n) is 4.42. The number of carbonyl (C=O) groups is 2. The molecule has 3 rings (SSSR count). The number of likely N-dealkylation sites (tertiary alicyclic amines) is 1. The SMILES string of the molecule is CCCNC(=O)c1cccc(CNC(=NC)NC2CCN(C(=O)C3CCCCC3)C2)c1. The molecule has 2 amide bonds. The lowest BCUT2D eigenvalue weighted by atomic mass is 9.88. The molecule has 0 radical (unpaired) electrons. The van der Waals surface area contributed by atoms with Crippen molar-refractivity contribution < 1.29 is 9.59 Å². The van der Waals surface area contributed by atoms with Crippen molar-refractivity contribution in [1.29, 1.82) is 0 Å².